The van der Waals surface area contributed by atoms with Crippen LogP contribution in [0, 0.1) is 0 Å². The van der Waals surface area contributed by atoms with Crippen LogP contribution < -0.4 is 4.74 Å². The molecule has 2 unspecified atom stereocenters. The molecule has 0 heterocycles. The summed E-state index contributed by atoms with van der Waals surface area (Å²) in [4.78, 5) is 10.7. The first-order chi connectivity index (χ1) is 12.5. The van der Waals surface area contributed by atoms with Crippen LogP contribution in [0.15, 0.2) is 24.3 Å². The lowest BCUT2D eigenvalue weighted by atomic mass is 10.0. The fraction of sp³-hybridized carbons (Fsp3) is 0.667. The Hall–Kier alpha value is -0.930. The number of para-hydroxylation sites is 1. The number of carbonyl (C=O) groups is 1. The second-order valence-corrected chi connectivity index (χ2v) is 7.96. The lowest BCUT2D eigenvalue weighted by Gasteiger charge is -2.10. The highest BCUT2D eigenvalue weighted by molar-refractivity contribution is 6.30. The Morgan fingerprint density at radius 2 is 1.58 bits per heavy atom. The van der Waals surface area contributed by atoms with Crippen molar-refractivity contribution >= 4 is 29.2 Å². The number of methoxy groups -OCH3 is 1. The predicted molar refractivity (Wildman–Crippen MR) is 110 cm³/mol. The van der Waals surface area contributed by atoms with Crippen molar-refractivity contribution in [1.29, 1.82) is 0 Å². The summed E-state index contributed by atoms with van der Waals surface area (Å²) in [7, 11) is 1.73. The second-order valence-electron chi connectivity index (χ2n) is 6.82. The molecule has 0 aliphatic heterocycles. The van der Waals surface area contributed by atoms with E-state index in [4.69, 9.17) is 33.0 Å². The zero-order chi connectivity index (χ0) is 19.2. The number of aliphatic carboxylic acids is 1. The van der Waals surface area contributed by atoms with Crippen LogP contribution >= 0.6 is 23.2 Å². The van der Waals surface area contributed by atoms with Gasteiger partial charge in [0.2, 0.25) is 0 Å². The fourth-order valence-electron chi connectivity index (χ4n) is 3.09. The van der Waals surface area contributed by atoms with Crippen molar-refractivity contribution in [2.24, 2.45) is 0 Å². The van der Waals surface area contributed by atoms with Gasteiger partial charge < -0.3 is 9.84 Å². The summed E-state index contributed by atoms with van der Waals surface area (Å²) in [6.07, 6.45) is 12.0. The molecule has 0 aliphatic carbocycles. The van der Waals surface area contributed by atoms with Crippen LogP contribution in [-0.2, 0) is 11.2 Å². The number of unbranched alkanes of at least 4 members (excludes halogenated alkanes) is 7. The van der Waals surface area contributed by atoms with Gasteiger partial charge in [-0.25, -0.2) is 0 Å². The first kappa shape index (κ1) is 23.1. The van der Waals surface area contributed by atoms with E-state index in [2.05, 4.69) is 12.1 Å². The van der Waals surface area contributed by atoms with Crippen LogP contribution in [0.4, 0.5) is 0 Å². The van der Waals surface area contributed by atoms with E-state index in [9.17, 15) is 4.79 Å². The molecule has 0 saturated heterocycles. The Bertz CT molecular complexity index is 508. The normalized spacial score (nSPS) is 13.3. The number of hydrogen-bond acceptors (Lipinski definition) is 2. The molecular formula is C21H32Cl2O3. The summed E-state index contributed by atoms with van der Waals surface area (Å²) in [5.74, 6) is 0.0111. The number of hydrogen-bond donors (Lipinski definition) is 1. The largest absolute Gasteiger partial charge is 0.496 e. The molecule has 26 heavy (non-hydrogen) atoms. The van der Waals surface area contributed by atoms with Gasteiger partial charge in [0, 0.05) is 5.38 Å². The zero-order valence-corrected chi connectivity index (χ0v) is 17.3. The molecule has 148 valence electrons. The molecule has 0 bridgehead atoms. The summed E-state index contributed by atoms with van der Waals surface area (Å²) >= 11 is 11.8. The third-order valence-electron chi connectivity index (χ3n) is 4.64. The van der Waals surface area contributed by atoms with E-state index in [1.54, 1.807) is 7.11 Å². The maximum Gasteiger partial charge on any atom is 0.321 e. The van der Waals surface area contributed by atoms with Gasteiger partial charge in [-0.1, -0.05) is 63.1 Å². The van der Waals surface area contributed by atoms with Gasteiger partial charge in [0.1, 0.15) is 11.1 Å². The SMILES string of the molecule is COc1ccccc1CCCCCCCCCCC(Cl)CC(Cl)C(=O)O. The molecule has 0 amide bonds. The minimum atomic E-state index is -0.983. The van der Waals surface area contributed by atoms with Gasteiger partial charge in [-0.15, -0.1) is 23.2 Å². The Kier molecular flexibility index (Phi) is 12.6. The van der Waals surface area contributed by atoms with Gasteiger partial charge in [-0.05, 0) is 37.3 Å². The van der Waals surface area contributed by atoms with E-state index in [-0.39, 0.29) is 5.38 Å². The lowest BCUT2D eigenvalue weighted by molar-refractivity contribution is -0.136. The summed E-state index contributed by atoms with van der Waals surface area (Å²) in [6, 6.07) is 8.24. The summed E-state index contributed by atoms with van der Waals surface area (Å²) in [6.45, 7) is 0. The maximum atomic E-state index is 10.7. The Morgan fingerprint density at radius 3 is 2.19 bits per heavy atom. The van der Waals surface area contributed by atoms with Crippen LogP contribution in [0.1, 0.15) is 69.8 Å². The number of carboxylic acid groups (broad SMARTS) is 1. The smallest absolute Gasteiger partial charge is 0.321 e. The van der Waals surface area contributed by atoms with E-state index in [1.807, 2.05) is 12.1 Å². The van der Waals surface area contributed by atoms with Gasteiger partial charge in [0.05, 0.1) is 7.11 Å². The third kappa shape index (κ3) is 10.3. The minimum Gasteiger partial charge on any atom is -0.496 e. The monoisotopic (exact) mass is 402 g/mol. The number of rotatable bonds is 15. The van der Waals surface area contributed by atoms with Crippen molar-refractivity contribution in [2.75, 3.05) is 7.11 Å². The minimum absolute atomic E-state index is 0.136. The van der Waals surface area contributed by atoms with Crippen molar-refractivity contribution in [3.05, 3.63) is 29.8 Å². The van der Waals surface area contributed by atoms with Gasteiger partial charge in [-0.2, -0.15) is 0 Å². The first-order valence-corrected chi connectivity index (χ1v) is 10.5. The van der Waals surface area contributed by atoms with Crippen LogP contribution in [0.5, 0.6) is 5.75 Å². The van der Waals surface area contributed by atoms with Crippen LogP contribution in [0.2, 0.25) is 0 Å². The summed E-state index contributed by atoms with van der Waals surface area (Å²) in [5.41, 5.74) is 1.30. The molecule has 1 aromatic rings. The van der Waals surface area contributed by atoms with E-state index in [1.165, 1.54) is 44.1 Å². The molecule has 0 fully saturated rings. The van der Waals surface area contributed by atoms with Crippen molar-refractivity contribution in [2.45, 2.75) is 81.4 Å². The number of benzene rings is 1. The standard InChI is InChI=1S/C21H32Cl2O3/c1-26-20-15-11-10-13-17(20)12-8-6-4-2-3-5-7-9-14-18(22)16-19(23)21(24)25/h10-11,13,15,18-19H,2-9,12,14,16H2,1H3,(H,24,25). The van der Waals surface area contributed by atoms with Crippen molar-refractivity contribution in [3.63, 3.8) is 0 Å². The van der Waals surface area contributed by atoms with E-state index >= 15 is 0 Å². The first-order valence-electron chi connectivity index (χ1n) is 9.67. The Balaban J connectivity index is 1.94. The van der Waals surface area contributed by atoms with Gasteiger partial charge >= 0.3 is 5.97 Å². The van der Waals surface area contributed by atoms with Crippen molar-refractivity contribution in [1.82, 2.24) is 0 Å². The molecule has 5 heteroatoms. The number of halogens is 2. The molecular weight excluding hydrogens is 371 g/mol. The quantitative estimate of drug-likeness (QED) is 0.271. The van der Waals surface area contributed by atoms with Crippen molar-refractivity contribution < 1.29 is 14.6 Å². The van der Waals surface area contributed by atoms with Crippen molar-refractivity contribution in [3.8, 4) is 5.75 Å². The van der Waals surface area contributed by atoms with E-state index in [0.29, 0.717) is 6.42 Å². The van der Waals surface area contributed by atoms with E-state index < -0.39 is 11.3 Å². The zero-order valence-electron chi connectivity index (χ0n) is 15.8. The number of alkyl halides is 2. The second kappa shape index (κ2) is 14.2. The molecule has 1 N–H and O–H groups in total. The maximum absolute atomic E-state index is 10.7. The molecule has 0 radical (unpaired) electrons. The number of carboxylic acids is 1. The van der Waals surface area contributed by atoms with Gasteiger partial charge in [0.25, 0.3) is 0 Å². The molecule has 0 aromatic heterocycles. The third-order valence-corrected chi connectivity index (χ3v) is 5.40. The number of aryl methyl sites for hydroxylation is 1. The average molecular weight is 403 g/mol. The molecule has 1 aromatic carbocycles. The summed E-state index contributed by atoms with van der Waals surface area (Å²) in [5, 5.41) is 7.75. The predicted octanol–water partition coefficient (Wildman–Crippen LogP) is 6.44. The molecule has 2 atom stereocenters. The Morgan fingerprint density at radius 1 is 1.00 bits per heavy atom. The molecule has 3 nitrogen and oxygen atoms in total. The topological polar surface area (TPSA) is 46.5 Å². The molecule has 0 spiro atoms. The highest BCUT2D eigenvalue weighted by atomic mass is 35.5. The molecule has 0 aliphatic rings. The highest BCUT2D eigenvalue weighted by Crippen LogP contribution is 2.21. The van der Waals surface area contributed by atoms with Gasteiger partial charge in [0.15, 0.2) is 0 Å². The summed E-state index contributed by atoms with van der Waals surface area (Å²) < 4.78 is 5.38. The number of ether oxygens (including phenoxy) is 1. The van der Waals surface area contributed by atoms with Crippen LogP contribution in [-0.4, -0.2) is 28.9 Å². The van der Waals surface area contributed by atoms with Crippen LogP contribution in [0.25, 0.3) is 0 Å². The highest BCUT2D eigenvalue weighted by Gasteiger charge is 2.18. The lowest BCUT2D eigenvalue weighted by Crippen LogP contribution is -2.18. The molecule has 0 saturated carbocycles. The van der Waals surface area contributed by atoms with E-state index in [0.717, 1.165) is 31.4 Å². The van der Waals surface area contributed by atoms with Gasteiger partial charge in [-0.3, -0.25) is 4.79 Å². The van der Waals surface area contributed by atoms with Crippen LogP contribution in [0.3, 0.4) is 0 Å². The Labute approximate surface area is 168 Å². The molecule has 1 rings (SSSR count). The fourth-order valence-corrected chi connectivity index (χ4v) is 3.73. The average Bonchev–Trinajstić information content (AvgIpc) is 2.63.